The lowest BCUT2D eigenvalue weighted by Crippen LogP contribution is -1.90. The summed E-state index contributed by atoms with van der Waals surface area (Å²) in [6.07, 6.45) is 1.89. The molecule has 3 rings (SSSR count). The van der Waals surface area contributed by atoms with Gasteiger partial charge in [-0.15, -0.1) is 5.10 Å². The van der Waals surface area contributed by atoms with Gasteiger partial charge >= 0.3 is 0 Å². The summed E-state index contributed by atoms with van der Waals surface area (Å²) >= 11 is 0. The van der Waals surface area contributed by atoms with Crippen molar-refractivity contribution in [2.45, 2.75) is 6.92 Å². The zero-order valence-corrected chi connectivity index (χ0v) is 11.9. The van der Waals surface area contributed by atoms with Gasteiger partial charge in [0.1, 0.15) is 5.69 Å². The van der Waals surface area contributed by atoms with E-state index in [0.717, 1.165) is 27.9 Å². The maximum atomic E-state index is 11.3. The molecule has 4 nitrogen and oxygen atoms in total. The van der Waals surface area contributed by atoms with Crippen LogP contribution in [0.4, 0.5) is 0 Å². The monoisotopic (exact) mass is 277 g/mol. The van der Waals surface area contributed by atoms with Gasteiger partial charge in [0.05, 0.1) is 6.20 Å². The molecule has 0 aliphatic rings. The molecule has 104 valence electrons. The Morgan fingerprint density at radius 3 is 1.90 bits per heavy atom. The SMILES string of the molecule is CC(=O)c1ccc(-c2ccc(-c3cn(C)nn3)cc2)cc1. The van der Waals surface area contributed by atoms with Crippen molar-refractivity contribution in [2.24, 2.45) is 7.05 Å². The smallest absolute Gasteiger partial charge is 0.159 e. The lowest BCUT2D eigenvalue weighted by Gasteiger charge is -2.04. The number of Topliss-reactive ketones (excluding diaryl/α,β-unsaturated/α-hetero) is 1. The van der Waals surface area contributed by atoms with E-state index in [0.29, 0.717) is 0 Å². The zero-order valence-electron chi connectivity index (χ0n) is 11.9. The molecule has 0 aliphatic carbocycles. The molecular weight excluding hydrogens is 262 g/mol. The molecule has 0 amide bonds. The first kappa shape index (κ1) is 13.2. The molecule has 0 unspecified atom stereocenters. The van der Waals surface area contributed by atoms with Crippen LogP contribution in [0.2, 0.25) is 0 Å². The quantitative estimate of drug-likeness (QED) is 0.690. The van der Waals surface area contributed by atoms with Crippen LogP contribution in [0.5, 0.6) is 0 Å². The van der Waals surface area contributed by atoms with Gasteiger partial charge < -0.3 is 0 Å². The molecular formula is C17H15N3O. The van der Waals surface area contributed by atoms with Crippen LogP contribution in [-0.2, 0) is 7.05 Å². The Labute approximate surface area is 123 Å². The number of ketones is 1. The predicted octanol–water partition coefficient (Wildman–Crippen LogP) is 3.35. The Morgan fingerprint density at radius 1 is 0.905 bits per heavy atom. The number of carbonyl (C=O) groups excluding carboxylic acids is 1. The summed E-state index contributed by atoms with van der Waals surface area (Å²) in [7, 11) is 1.85. The van der Waals surface area contributed by atoms with Gasteiger partial charge in [-0.2, -0.15) is 0 Å². The van der Waals surface area contributed by atoms with E-state index in [-0.39, 0.29) is 5.78 Å². The largest absolute Gasteiger partial charge is 0.295 e. The highest BCUT2D eigenvalue weighted by Gasteiger charge is 2.04. The van der Waals surface area contributed by atoms with Crippen molar-refractivity contribution in [2.75, 3.05) is 0 Å². The van der Waals surface area contributed by atoms with E-state index in [9.17, 15) is 4.79 Å². The lowest BCUT2D eigenvalue weighted by atomic mass is 10.0. The van der Waals surface area contributed by atoms with E-state index >= 15 is 0 Å². The number of hydrogen-bond acceptors (Lipinski definition) is 3. The number of nitrogens with zero attached hydrogens (tertiary/aromatic N) is 3. The van der Waals surface area contributed by atoms with E-state index in [2.05, 4.69) is 10.3 Å². The molecule has 0 saturated carbocycles. The van der Waals surface area contributed by atoms with Crippen molar-refractivity contribution in [3.63, 3.8) is 0 Å². The molecule has 0 fully saturated rings. The van der Waals surface area contributed by atoms with Gasteiger partial charge in [0.25, 0.3) is 0 Å². The van der Waals surface area contributed by atoms with E-state index in [1.807, 2.05) is 61.8 Å². The topological polar surface area (TPSA) is 47.8 Å². The minimum absolute atomic E-state index is 0.0829. The summed E-state index contributed by atoms with van der Waals surface area (Å²) in [4.78, 5) is 11.3. The van der Waals surface area contributed by atoms with Crippen molar-refractivity contribution in [3.05, 3.63) is 60.3 Å². The minimum Gasteiger partial charge on any atom is -0.295 e. The molecule has 0 aliphatic heterocycles. The molecule has 1 aromatic heterocycles. The summed E-state index contributed by atoms with van der Waals surface area (Å²) in [6, 6.07) is 15.8. The van der Waals surface area contributed by atoms with Crippen LogP contribution in [0.15, 0.2) is 54.7 Å². The average Bonchev–Trinajstić information content (AvgIpc) is 2.94. The standard InChI is InChI=1S/C17H15N3O/c1-12(21)13-3-5-14(6-4-13)15-7-9-16(10-8-15)17-11-20(2)19-18-17/h3-11H,1-2H3. The molecule has 0 N–H and O–H groups in total. The van der Waals surface area contributed by atoms with Crippen molar-refractivity contribution >= 4 is 5.78 Å². The predicted molar refractivity (Wildman–Crippen MR) is 81.9 cm³/mol. The highest BCUT2D eigenvalue weighted by Crippen LogP contribution is 2.24. The Hall–Kier alpha value is -2.75. The molecule has 0 bridgehead atoms. The fraction of sp³-hybridized carbons (Fsp3) is 0.118. The third-order valence-electron chi connectivity index (χ3n) is 3.41. The molecule has 2 aromatic carbocycles. The van der Waals surface area contributed by atoms with E-state index in [1.54, 1.807) is 11.6 Å². The molecule has 1 heterocycles. The fourth-order valence-electron chi connectivity index (χ4n) is 2.21. The summed E-state index contributed by atoms with van der Waals surface area (Å²) in [6.45, 7) is 1.57. The highest BCUT2D eigenvalue weighted by atomic mass is 16.1. The summed E-state index contributed by atoms with van der Waals surface area (Å²) in [5.41, 5.74) is 4.82. The maximum absolute atomic E-state index is 11.3. The number of carbonyl (C=O) groups is 1. The van der Waals surface area contributed by atoms with Crippen LogP contribution < -0.4 is 0 Å². The molecule has 0 saturated heterocycles. The third-order valence-corrected chi connectivity index (χ3v) is 3.41. The number of benzene rings is 2. The molecule has 4 heteroatoms. The van der Waals surface area contributed by atoms with Crippen molar-refractivity contribution in [1.29, 1.82) is 0 Å². The van der Waals surface area contributed by atoms with Crippen LogP contribution in [0.1, 0.15) is 17.3 Å². The fourth-order valence-corrected chi connectivity index (χ4v) is 2.21. The second kappa shape index (κ2) is 5.32. The second-order valence-corrected chi connectivity index (χ2v) is 4.99. The van der Waals surface area contributed by atoms with E-state index in [4.69, 9.17) is 0 Å². The van der Waals surface area contributed by atoms with Crippen LogP contribution >= 0.6 is 0 Å². The summed E-state index contributed by atoms with van der Waals surface area (Å²) in [5, 5.41) is 8.03. The van der Waals surface area contributed by atoms with Gasteiger partial charge in [-0.05, 0) is 18.1 Å². The number of aryl methyl sites for hydroxylation is 1. The number of hydrogen-bond donors (Lipinski definition) is 0. The first-order valence-electron chi connectivity index (χ1n) is 6.71. The lowest BCUT2D eigenvalue weighted by molar-refractivity contribution is 0.101. The minimum atomic E-state index is 0.0829. The zero-order chi connectivity index (χ0) is 14.8. The van der Waals surface area contributed by atoms with Gasteiger partial charge in [0, 0.05) is 18.2 Å². The van der Waals surface area contributed by atoms with Crippen LogP contribution in [0.25, 0.3) is 22.4 Å². The maximum Gasteiger partial charge on any atom is 0.159 e. The van der Waals surface area contributed by atoms with Crippen LogP contribution in [0, 0.1) is 0 Å². The molecule has 0 radical (unpaired) electrons. The van der Waals surface area contributed by atoms with Gasteiger partial charge in [-0.25, -0.2) is 0 Å². The molecule has 21 heavy (non-hydrogen) atoms. The van der Waals surface area contributed by atoms with Crippen molar-refractivity contribution < 1.29 is 4.79 Å². The Bertz CT molecular complexity index is 771. The van der Waals surface area contributed by atoms with Gasteiger partial charge in [-0.1, -0.05) is 53.7 Å². The normalized spacial score (nSPS) is 10.6. The van der Waals surface area contributed by atoms with E-state index < -0.39 is 0 Å². The molecule has 0 atom stereocenters. The summed E-state index contributed by atoms with van der Waals surface area (Å²) < 4.78 is 1.68. The average molecular weight is 277 g/mol. The summed E-state index contributed by atoms with van der Waals surface area (Å²) in [5.74, 6) is 0.0829. The van der Waals surface area contributed by atoms with Crippen molar-refractivity contribution in [3.8, 4) is 22.4 Å². The van der Waals surface area contributed by atoms with Gasteiger partial charge in [-0.3, -0.25) is 9.48 Å². The number of rotatable bonds is 3. The Balaban J connectivity index is 1.88. The van der Waals surface area contributed by atoms with Gasteiger partial charge in [0.15, 0.2) is 5.78 Å². The number of aromatic nitrogens is 3. The highest BCUT2D eigenvalue weighted by molar-refractivity contribution is 5.94. The second-order valence-electron chi connectivity index (χ2n) is 4.99. The molecule has 0 spiro atoms. The van der Waals surface area contributed by atoms with Crippen molar-refractivity contribution in [1.82, 2.24) is 15.0 Å². The Morgan fingerprint density at radius 2 is 1.43 bits per heavy atom. The first-order chi connectivity index (χ1) is 10.1. The Kier molecular flexibility index (Phi) is 3.36. The van der Waals surface area contributed by atoms with Gasteiger partial charge in [0.2, 0.25) is 0 Å². The molecule has 3 aromatic rings. The van der Waals surface area contributed by atoms with Crippen LogP contribution in [0.3, 0.4) is 0 Å². The third kappa shape index (κ3) is 2.74. The van der Waals surface area contributed by atoms with E-state index in [1.165, 1.54) is 0 Å². The first-order valence-corrected chi connectivity index (χ1v) is 6.71. The van der Waals surface area contributed by atoms with Crippen LogP contribution in [-0.4, -0.2) is 20.8 Å².